The number of methoxy groups -OCH3 is 1. The molecule has 6 heteroatoms. The third kappa shape index (κ3) is 2.40. The Hall–Kier alpha value is -2.63. The minimum absolute atomic E-state index is 0.0554. The number of nitrogens with zero attached hydrogens (tertiary/aromatic N) is 2. The maximum Gasteiger partial charge on any atom is 0.351 e. The largest absolute Gasteiger partial charge is 0.504 e. The number of para-hydroxylation sites is 1. The van der Waals surface area contributed by atoms with Gasteiger partial charge in [0.15, 0.2) is 11.5 Å². The molecule has 0 atom stereocenters. The van der Waals surface area contributed by atoms with E-state index in [9.17, 15) is 14.7 Å². The Labute approximate surface area is 116 Å². The smallest absolute Gasteiger partial charge is 0.351 e. The van der Waals surface area contributed by atoms with Crippen molar-refractivity contribution in [1.29, 1.82) is 0 Å². The van der Waals surface area contributed by atoms with E-state index in [0.717, 1.165) is 4.90 Å². The molecule has 0 aromatic heterocycles. The molecule has 3 amide bonds. The molecule has 1 N–H and O–H groups in total. The first-order valence-electron chi connectivity index (χ1n) is 5.97. The van der Waals surface area contributed by atoms with Crippen LogP contribution < -0.4 is 4.74 Å². The summed E-state index contributed by atoms with van der Waals surface area (Å²) in [4.78, 5) is 28.3. The molecular weight excluding hydrogens is 260 g/mol. The molecular formula is C14H14N2O4. The maximum absolute atomic E-state index is 12.0. The number of hydrogen-bond acceptors (Lipinski definition) is 4. The van der Waals surface area contributed by atoms with E-state index in [4.69, 9.17) is 4.74 Å². The number of urea groups is 1. The minimum Gasteiger partial charge on any atom is -0.504 e. The Bertz CT molecular complexity index is 607. The Morgan fingerprint density at radius 1 is 1.45 bits per heavy atom. The van der Waals surface area contributed by atoms with Crippen LogP contribution in [0, 0.1) is 0 Å². The van der Waals surface area contributed by atoms with Crippen molar-refractivity contribution in [3.05, 3.63) is 36.4 Å². The second kappa shape index (κ2) is 5.56. The quantitative estimate of drug-likeness (QED) is 0.826. The molecule has 6 nitrogen and oxygen atoms in total. The molecule has 0 saturated heterocycles. The lowest BCUT2D eigenvalue weighted by Crippen LogP contribution is -2.33. The lowest BCUT2D eigenvalue weighted by molar-refractivity contribution is -0.120. The van der Waals surface area contributed by atoms with E-state index in [1.165, 1.54) is 13.2 Å². The first-order chi connectivity index (χ1) is 9.58. The van der Waals surface area contributed by atoms with E-state index < -0.39 is 11.9 Å². The number of carbonyl (C=O) groups is 2. The van der Waals surface area contributed by atoms with Crippen LogP contribution in [0.25, 0.3) is 0 Å². The first kappa shape index (κ1) is 13.8. The number of carbonyl (C=O) groups excluding carboxylic acids is 2. The summed E-state index contributed by atoms with van der Waals surface area (Å²) in [6.07, 6.45) is 1.53. The van der Waals surface area contributed by atoms with E-state index in [-0.39, 0.29) is 24.4 Å². The first-order valence-corrected chi connectivity index (χ1v) is 5.97. The number of hydrogen-bond donors (Lipinski definition) is 1. The van der Waals surface area contributed by atoms with Crippen molar-refractivity contribution in [3.63, 3.8) is 0 Å². The third-order valence-corrected chi connectivity index (χ3v) is 2.93. The fraction of sp³-hybridized carbons (Fsp3) is 0.214. The van der Waals surface area contributed by atoms with Gasteiger partial charge in [0.05, 0.1) is 7.11 Å². The highest BCUT2D eigenvalue weighted by molar-refractivity contribution is 6.46. The van der Waals surface area contributed by atoms with E-state index in [1.807, 2.05) is 0 Å². The molecule has 1 aliphatic heterocycles. The normalized spacial score (nSPS) is 14.4. The van der Waals surface area contributed by atoms with Crippen molar-refractivity contribution in [1.82, 2.24) is 4.90 Å². The molecule has 104 valence electrons. The van der Waals surface area contributed by atoms with Gasteiger partial charge in [0, 0.05) is 18.5 Å². The van der Waals surface area contributed by atoms with Crippen LogP contribution in [0.5, 0.6) is 11.5 Å². The van der Waals surface area contributed by atoms with Crippen LogP contribution in [0.1, 0.15) is 5.56 Å². The molecule has 0 spiro atoms. The highest BCUT2D eigenvalue weighted by Crippen LogP contribution is 2.30. The molecule has 0 aliphatic carbocycles. The zero-order valence-electron chi connectivity index (χ0n) is 11.0. The molecule has 0 bridgehead atoms. The Kier molecular flexibility index (Phi) is 3.84. The number of rotatable bonds is 5. The number of imide groups is 1. The molecule has 1 aliphatic rings. The van der Waals surface area contributed by atoms with Gasteiger partial charge in [-0.3, -0.25) is 9.69 Å². The van der Waals surface area contributed by atoms with Crippen molar-refractivity contribution < 1.29 is 19.4 Å². The van der Waals surface area contributed by atoms with Crippen molar-refractivity contribution in [2.24, 2.45) is 4.99 Å². The van der Waals surface area contributed by atoms with E-state index >= 15 is 0 Å². The molecule has 0 saturated carbocycles. The summed E-state index contributed by atoms with van der Waals surface area (Å²) < 4.78 is 4.99. The predicted molar refractivity (Wildman–Crippen MR) is 73.1 cm³/mol. The molecule has 1 aromatic carbocycles. The molecule has 1 aromatic rings. The standard InChI is InChI=1S/C14H14N2O4/c1-3-7-16-13(18)10(15-14(16)19)8-9-5-4-6-11(20-2)12(9)17/h3-6,17H,1,7-8H2,2H3. The van der Waals surface area contributed by atoms with Crippen LogP contribution in [-0.2, 0) is 11.2 Å². The Morgan fingerprint density at radius 2 is 2.20 bits per heavy atom. The predicted octanol–water partition coefficient (Wildman–Crippen LogP) is 1.53. The SMILES string of the molecule is C=CCN1C(=O)N=C(Cc2cccc(OC)c2O)C1=O. The van der Waals surface area contributed by atoms with Crippen LogP contribution in [0.2, 0.25) is 0 Å². The van der Waals surface area contributed by atoms with Crippen LogP contribution in [0.15, 0.2) is 35.8 Å². The van der Waals surface area contributed by atoms with Crippen LogP contribution >= 0.6 is 0 Å². The van der Waals surface area contributed by atoms with Gasteiger partial charge in [-0.25, -0.2) is 4.79 Å². The van der Waals surface area contributed by atoms with Crippen LogP contribution in [0.3, 0.4) is 0 Å². The minimum atomic E-state index is -0.604. The van der Waals surface area contributed by atoms with Gasteiger partial charge in [0.2, 0.25) is 0 Å². The van der Waals surface area contributed by atoms with Gasteiger partial charge in [-0.2, -0.15) is 4.99 Å². The summed E-state index contributed by atoms with van der Waals surface area (Å²) in [7, 11) is 1.44. The lowest BCUT2D eigenvalue weighted by Gasteiger charge is -2.10. The van der Waals surface area contributed by atoms with Crippen molar-refractivity contribution in [2.45, 2.75) is 6.42 Å². The molecule has 2 rings (SSSR count). The van der Waals surface area contributed by atoms with Gasteiger partial charge >= 0.3 is 6.03 Å². The third-order valence-electron chi connectivity index (χ3n) is 2.93. The summed E-state index contributed by atoms with van der Waals surface area (Å²) in [5.74, 6) is -0.208. The van der Waals surface area contributed by atoms with E-state index in [0.29, 0.717) is 11.3 Å². The second-order valence-electron chi connectivity index (χ2n) is 4.19. The lowest BCUT2D eigenvalue weighted by atomic mass is 10.1. The second-order valence-corrected chi connectivity index (χ2v) is 4.19. The zero-order chi connectivity index (χ0) is 14.7. The van der Waals surface area contributed by atoms with Gasteiger partial charge in [0.25, 0.3) is 5.91 Å². The average Bonchev–Trinajstić information content (AvgIpc) is 2.69. The number of benzene rings is 1. The van der Waals surface area contributed by atoms with Gasteiger partial charge < -0.3 is 9.84 Å². The number of phenols is 1. The van der Waals surface area contributed by atoms with E-state index in [1.54, 1.807) is 18.2 Å². The molecule has 0 radical (unpaired) electrons. The average molecular weight is 274 g/mol. The van der Waals surface area contributed by atoms with Crippen LogP contribution in [0.4, 0.5) is 4.79 Å². The van der Waals surface area contributed by atoms with E-state index in [2.05, 4.69) is 11.6 Å². The molecule has 1 heterocycles. The monoisotopic (exact) mass is 274 g/mol. The summed E-state index contributed by atoms with van der Waals surface area (Å²) in [5, 5.41) is 9.96. The van der Waals surface area contributed by atoms with Gasteiger partial charge in [-0.1, -0.05) is 18.2 Å². The summed E-state index contributed by atoms with van der Waals surface area (Å²) >= 11 is 0. The van der Waals surface area contributed by atoms with Crippen LogP contribution in [-0.4, -0.2) is 41.3 Å². The number of phenolic OH excluding ortho intramolecular Hbond substituents is 1. The number of ether oxygens (including phenoxy) is 1. The van der Waals surface area contributed by atoms with Crippen molar-refractivity contribution >= 4 is 17.6 Å². The maximum atomic E-state index is 12.0. The highest BCUT2D eigenvalue weighted by atomic mass is 16.5. The summed E-state index contributed by atoms with van der Waals surface area (Å²) in [5.41, 5.74) is 0.574. The summed E-state index contributed by atoms with van der Waals surface area (Å²) in [6, 6.07) is 4.34. The summed E-state index contributed by atoms with van der Waals surface area (Å²) in [6.45, 7) is 3.61. The molecule has 0 unspecified atom stereocenters. The fourth-order valence-electron chi connectivity index (χ4n) is 1.93. The number of aromatic hydroxyl groups is 1. The number of amides is 3. The van der Waals surface area contributed by atoms with Crippen molar-refractivity contribution in [2.75, 3.05) is 13.7 Å². The Balaban J connectivity index is 2.23. The molecule has 0 fully saturated rings. The van der Waals surface area contributed by atoms with Gasteiger partial charge in [-0.05, 0) is 6.07 Å². The van der Waals surface area contributed by atoms with Gasteiger partial charge in [0.1, 0.15) is 5.71 Å². The topological polar surface area (TPSA) is 79.2 Å². The number of aliphatic imine (C=N–C) groups is 1. The Morgan fingerprint density at radius 3 is 2.85 bits per heavy atom. The molecule has 20 heavy (non-hydrogen) atoms. The highest BCUT2D eigenvalue weighted by Gasteiger charge is 2.32. The van der Waals surface area contributed by atoms with Crippen molar-refractivity contribution in [3.8, 4) is 11.5 Å². The van der Waals surface area contributed by atoms with Gasteiger partial charge in [-0.15, -0.1) is 6.58 Å². The fourth-order valence-corrected chi connectivity index (χ4v) is 1.93. The zero-order valence-corrected chi connectivity index (χ0v) is 11.0.